The van der Waals surface area contributed by atoms with Crippen LogP contribution in [0.5, 0.6) is 0 Å². The molecule has 2 rings (SSSR count). The molecule has 0 aromatic heterocycles. The normalized spacial score (nSPS) is 12.6. The van der Waals surface area contributed by atoms with E-state index < -0.39 is 0 Å². The average molecular weight is 372 g/mol. The van der Waals surface area contributed by atoms with Crippen molar-refractivity contribution in [2.24, 2.45) is 0 Å². The number of hydrogen-bond donors (Lipinski definition) is 0. The van der Waals surface area contributed by atoms with E-state index in [1.807, 2.05) is 18.2 Å². The van der Waals surface area contributed by atoms with Crippen LogP contribution in [0.4, 0.5) is 0 Å². The van der Waals surface area contributed by atoms with E-state index in [9.17, 15) is 0 Å². The predicted molar refractivity (Wildman–Crippen MR) is 92.2 cm³/mol. The maximum Gasteiger partial charge on any atom is 0.0851 e. The molecule has 0 aliphatic heterocycles. The minimum Gasteiger partial charge on any atom is -0.113 e. The van der Waals surface area contributed by atoms with E-state index in [1.54, 1.807) is 0 Å². The molecular formula is C17H17BrCl2. The van der Waals surface area contributed by atoms with Gasteiger partial charge in [0.05, 0.1) is 5.38 Å². The van der Waals surface area contributed by atoms with Gasteiger partial charge in [0, 0.05) is 9.50 Å². The van der Waals surface area contributed by atoms with Crippen LogP contribution in [0.1, 0.15) is 38.8 Å². The molecule has 0 N–H and O–H groups in total. The van der Waals surface area contributed by atoms with Crippen molar-refractivity contribution in [2.45, 2.75) is 33.1 Å². The van der Waals surface area contributed by atoms with E-state index in [4.69, 9.17) is 23.2 Å². The van der Waals surface area contributed by atoms with Crippen LogP contribution in [-0.2, 0) is 0 Å². The summed E-state index contributed by atoms with van der Waals surface area (Å²) in [5, 5.41) is 0.526. The highest BCUT2D eigenvalue weighted by Gasteiger charge is 2.20. The lowest BCUT2D eigenvalue weighted by Gasteiger charge is -2.21. The Morgan fingerprint density at radius 2 is 1.50 bits per heavy atom. The second-order valence-electron chi connectivity index (χ2n) is 5.20. The monoisotopic (exact) mass is 370 g/mol. The molecule has 1 unspecified atom stereocenters. The molecule has 0 aliphatic rings. The zero-order chi connectivity index (χ0) is 15.0. The molecule has 3 heteroatoms. The first-order chi connectivity index (χ1) is 9.32. The van der Waals surface area contributed by atoms with Gasteiger partial charge >= 0.3 is 0 Å². The third-order valence-corrected chi connectivity index (χ3v) is 5.29. The van der Waals surface area contributed by atoms with Crippen molar-refractivity contribution in [3.63, 3.8) is 0 Å². The fourth-order valence-electron chi connectivity index (χ4n) is 2.49. The smallest absolute Gasteiger partial charge is 0.0851 e. The first-order valence-corrected chi connectivity index (χ1v) is 8.10. The minimum atomic E-state index is -0.180. The maximum absolute atomic E-state index is 6.77. The minimum absolute atomic E-state index is 0.180. The number of hydrogen-bond acceptors (Lipinski definition) is 0. The molecule has 20 heavy (non-hydrogen) atoms. The number of rotatable bonds is 2. The van der Waals surface area contributed by atoms with Crippen LogP contribution in [0.2, 0.25) is 5.02 Å². The maximum atomic E-state index is 6.77. The zero-order valence-electron chi connectivity index (χ0n) is 12.0. The highest BCUT2D eigenvalue weighted by molar-refractivity contribution is 9.10. The lowest BCUT2D eigenvalue weighted by molar-refractivity contribution is 1.05. The van der Waals surface area contributed by atoms with Crippen molar-refractivity contribution in [2.75, 3.05) is 0 Å². The van der Waals surface area contributed by atoms with Gasteiger partial charge in [-0.3, -0.25) is 0 Å². The summed E-state index contributed by atoms with van der Waals surface area (Å²) in [4.78, 5) is 0. The van der Waals surface area contributed by atoms with Gasteiger partial charge in [-0.15, -0.1) is 11.6 Å². The van der Waals surface area contributed by atoms with Crippen LogP contribution in [0.3, 0.4) is 0 Å². The average Bonchev–Trinajstić information content (AvgIpc) is 2.36. The lowest BCUT2D eigenvalue weighted by atomic mass is 9.90. The topological polar surface area (TPSA) is 0 Å². The van der Waals surface area contributed by atoms with Crippen molar-refractivity contribution in [3.05, 3.63) is 67.1 Å². The molecule has 0 radical (unpaired) electrons. The Kier molecular flexibility index (Phi) is 4.84. The van der Waals surface area contributed by atoms with Crippen LogP contribution in [0.25, 0.3) is 0 Å². The van der Waals surface area contributed by atoms with E-state index in [0.717, 1.165) is 10.0 Å². The first kappa shape index (κ1) is 15.9. The third kappa shape index (κ3) is 2.90. The molecule has 1 atom stereocenters. The van der Waals surface area contributed by atoms with Gasteiger partial charge < -0.3 is 0 Å². The molecule has 0 saturated carbocycles. The summed E-state index contributed by atoms with van der Waals surface area (Å²) in [6, 6.07) is 7.97. The van der Waals surface area contributed by atoms with Gasteiger partial charge in [0.15, 0.2) is 0 Å². The highest BCUT2D eigenvalue weighted by atomic mass is 79.9. The second-order valence-corrected chi connectivity index (χ2v) is 6.93. The third-order valence-electron chi connectivity index (χ3n) is 3.91. The van der Waals surface area contributed by atoms with Gasteiger partial charge in [0.2, 0.25) is 0 Å². The van der Waals surface area contributed by atoms with Crippen molar-refractivity contribution in [1.29, 1.82) is 0 Å². The van der Waals surface area contributed by atoms with Crippen LogP contribution < -0.4 is 0 Å². The van der Waals surface area contributed by atoms with Crippen molar-refractivity contribution in [3.8, 4) is 0 Å². The Morgan fingerprint density at radius 3 is 2.00 bits per heavy atom. The van der Waals surface area contributed by atoms with E-state index in [1.165, 1.54) is 27.8 Å². The van der Waals surface area contributed by atoms with E-state index in [0.29, 0.717) is 5.02 Å². The first-order valence-electron chi connectivity index (χ1n) is 6.49. The summed E-state index contributed by atoms with van der Waals surface area (Å²) in [5.41, 5.74) is 7.32. The summed E-state index contributed by atoms with van der Waals surface area (Å²) in [7, 11) is 0. The molecule has 0 heterocycles. The Balaban J connectivity index is 2.62. The van der Waals surface area contributed by atoms with Crippen LogP contribution in [0, 0.1) is 27.7 Å². The van der Waals surface area contributed by atoms with Crippen molar-refractivity contribution < 1.29 is 0 Å². The van der Waals surface area contributed by atoms with E-state index >= 15 is 0 Å². The van der Waals surface area contributed by atoms with Gasteiger partial charge in [-0.05, 0) is 73.2 Å². The molecule has 0 amide bonds. The van der Waals surface area contributed by atoms with Gasteiger partial charge in [-0.25, -0.2) is 0 Å². The number of benzene rings is 2. The van der Waals surface area contributed by atoms with Crippen molar-refractivity contribution >= 4 is 39.1 Å². The Hall–Kier alpha value is -0.500. The molecule has 0 aliphatic carbocycles. The van der Waals surface area contributed by atoms with Crippen molar-refractivity contribution in [1.82, 2.24) is 0 Å². The zero-order valence-corrected chi connectivity index (χ0v) is 15.1. The molecule has 0 spiro atoms. The number of aryl methyl sites for hydroxylation is 2. The summed E-state index contributed by atoms with van der Waals surface area (Å²) < 4.78 is 0.947. The van der Waals surface area contributed by atoms with E-state index in [2.05, 4.69) is 49.7 Å². The predicted octanol–water partition coefficient (Wildman–Crippen LogP) is 6.66. The van der Waals surface area contributed by atoms with Gasteiger partial charge in [-0.1, -0.05) is 39.7 Å². The largest absolute Gasteiger partial charge is 0.113 e. The Morgan fingerprint density at radius 1 is 0.950 bits per heavy atom. The lowest BCUT2D eigenvalue weighted by Crippen LogP contribution is -2.04. The van der Waals surface area contributed by atoms with Gasteiger partial charge in [0.25, 0.3) is 0 Å². The van der Waals surface area contributed by atoms with Gasteiger partial charge in [-0.2, -0.15) is 0 Å². The summed E-state index contributed by atoms with van der Waals surface area (Å²) >= 11 is 16.3. The summed E-state index contributed by atoms with van der Waals surface area (Å²) in [6.45, 7) is 8.53. The molecule has 106 valence electrons. The molecule has 0 nitrogen and oxygen atoms in total. The Labute approximate surface area is 139 Å². The quantitative estimate of drug-likeness (QED) is 0.517. The molecule has 2 aromatic rings. The van der Waals surface area contributed by atoms with Gasteiger partial charge in [0.1, 0.15) is 0 Å². The molecule has 2 aromatic carbocycles. The fourth-order valence-corrected chi connectivity index (χ4v) is 4.05. The van der Waals surface area contributed by atoms with Crippen LogP contribution in [0.15, 0.2) is 28.7 Å². The Bertz CT molecular complexity index is 636. The number of alkyl halides is 1. The van der Waals surface area contributed by atoms with Crippen LogP contribution in [-0.4, -0.2) is 0 Å². The fraction of sp³-hybridized carbons (Fsp3) is 0.294. The molecule has 0 saturated heterocycles. The summed E-state index contributed by atoms with van der Waals surface area (Å²) in [5.74, 6) is 0. The second kappa shape index (κ2) is 6.09. The SMILES string of the molecule is Cc1cc(C)c(C)c(C(Cl)c2ccc(Cl)cc2Br)c1C. The van der Waals surface area contributed by atoms with E-state index in [-0.39, 0.29) is 5.38 Å². The molecule has 0 fully saturated rings. The molecular weight excluding hydrogens is 355 g/mol. The highest BCUT2D eigenvalue weighted by Crippen LogP contribution is 2.39. The standard InChI is InChI=1S/C17H17BrCl2/c1-9-7-10(2)12(4)16(11(9)3)17(20)14-6-5-13(19)8-15(14)18/h5-8,17H,1-4H3. The number of halogens is 3. The summed E-state index contributed by atoms with van der Waals surface area (Å²) in [6.07, 6.45) is 0. The molecule has 0 bridgehead atoms. The van der Waals surface area contributed by atoms with Crippen LogP contribution >= 0.6 is 39.1 Å².